The van der Waals surface area contributed by atoms with Crippen molar-refractivity contribution in [3.63, 3.8) is 0 Å². The van der Waals surface area contributed by atoms with Gasteiger partial charge < -0.3 is 5.32 Å². The van der Waals surface area contributed by atoms with Gasteiger partial charge in [-0.3, -0.25) is 0 Å². The maximum Gasteiger partial charge on any atom is 0.393 e. The van der Waals surface area contributed by atoms with E-state index in [1.165, 1.54) is 0 Å². The number of hydrogen-bond acceptors (Lipinski definition) is 1. The fourth-order valence-electron chi connectivity index (χ4n) is 3.02. The molecular weight excluding hydrogens is 347 g/mol. The Morgan fingerprint density at radius 3 is 2.30 bits per heavy atom. The number of aryl methyl sites for hydroxylation is 1. The summed E-state index contributed by atoms with van der Waals surface area (Å²) in [6.45, 7) is 12.0. The van der Waals surface area contributed by atoms with Crippen LogP contribution >= 0.6 is 0 Å². The lowest BCUT2D eigenvalue weighted by Gasteiger charge is -2.18. The zero-order valence-corrected chi connectivity index (χ0v) is 15.9. The SMILES string of the molecule is C=C(C)c1ccccc1C(=C)Nc1ccc(CCCC)cc1CC(F)(F)F. The molecule has 0 aliphatic carbocycles. The Labute approximate surface area is 159 Å². The van der Waals surface area contributed by atoms with Gasteiger partial charge >= 0.3 is 6.18 Å². The van der Waals surface area contributed by atoms with Crippen LogP contribution in [0.15, 0.2) is 55.6 Å². The van der Waals surface area contributed by atoms with Crippen molar-refractivity contribution < 1.29 is 13.2 Å². The van der Waals surface area contributed by atoms with E-state index >= 15 is 0 Å². The van der Waals surface area contributed by atoms with Crippen LogP contribution in [-0.2, 0) is 12.8 Å². The highest BCUT2D eigenvalue weighted by Crippen LogP contribution is 2.31. The van der Waals surface area contributed by atoms with E-state index in [4.69, 9.17) is 0 Å². The van der Waals surface area contributed by atoms with Crippen molar-refractivity contribution in [1.29, 1.82) is 0 Å². The molecule has 0 aliphatic heterocycles. The average molecular weight is 373 g/mol. The topological polar surface area (TPSA) is 12.0 Å². The number of alkyl halides is 3. The predicted octanol–water partition coefficient (Wildman–Crippen LogP) is 7.25. The molecule has 0 radical (unpaired) electrons. The van der Waals surface area contributed by atoms with E-state index in [9.17, 15) is 13.2 Å². The Bertz CT molecular complexity index is 819. The first-order chi connectivity index (χ1) is 12.7. The summed E-state index contributed by atoms with van der Waals surface area (Å²) < 4.78 is 39.2. The minimum atomic E-state index is -4.27. The molecule has 0 spiro atoms. The van der Waals surface area contributed by atoms with Crippen LogP contribution < -0.4 is 5.32 Å². The summed E-state index contributed by atoms with van der Waals surface area (Å²) in [5, 5.41) is 3.09. The molecule has 0 bridgehead atoms. The van der Waals surface area contributed by atoms with Gasteiger partial charge in [0, 0.05) is 16.9 Å². The van der Waals surface area contributed by atoms with Crippen LogP contribution in [0.4, 0.5) is 18.9 Å². The van der Waals surface area contributed by atoms with Crippen molar-refractivity contribution >= 4 is 17.0 Å². The Morgan fingerprint density at radius 1 is 1.04 bits per heavy atom. The summed E-state index contributed by atoms with van der Waals surface area (Å²) >= 11 is 0. The molecule has 0 aliphatic rings. The molecule has 144 valence electrons. The highest BCUT2D eigenvalue weighted by atomic mass is 19.4. The molecule has 0 atom stereocenters. The van der Waals surface area contributed by atoms with E-state index < -0.39 is 12.6 Å². The third kappa shape index (κ3) is 6.02. The zero-order chi connectivity index (χ0) is 20.0. The standard InChI is InChI=1S/C23H26F3N/c1-5-6-9-18-12-13-22(19(14-18)15-23(24,25)26)27-17(4)21-11-8-7-10-20(21)16(2)3/h7-8,10-14,27H,2,4-6,9,15H2,1,3H3. The molecule has 0 saturated carbocycles. The van der Waals surface area contributed by atoms with Crippen LogP contribution in [-0.4, -0.2) is 6.18 Å². The number of nitrogens with one attached hydrogen (secondary N) is 1. The molecule has 0 saturated heterocycles. The van der Waals surface area contributed by atoms with Crippen molar-refractivity contribution in [3.05, 3.63) is 77.9 Å². The van der Waals surface area contributed by atoms with Gasteiger partial charge in [0.05, 0.1) is 6.42 Å². The molecule has 0 aromatic heterocycles. The highest BCUT2D eigenvalue weighted by Gasteiger charge is 2.29. The number of allylic oxidation sites excluding steroid dienone is 1. The van der Waals surface area contributed by atoms with Gasteiger partial charge in [0.25, 0.3) is 0 Å². The summed E-state index contributed by atoms with van der Waals surface area (Å²) in [4.78, 5) is 0. The number of hydrogen-bond donors (Lipinski definition) is 1. The Kier molecular flexibility index (Phi) is 6.89. The summed E-state index contributed by atoms with van der Waals surface area (Å²) in [5.74, 6) is 0. The third-order valence-electron chi connectivity index (χ3n) is 4.38. The molecule has 1 nitrogen and oxygen atoms in total. The lowest BCUT2D eigenvalue weighted by atomic mass is 9.98. The molecular formula is C23H26F3N. The molecule has 0 unspecified atom stereocenters. The van der Waals surface area contributed by atoms with Gasteiger partial charge in [-0.15, -0.1) is 0 Å². The van der Waals surface area contributed by atoms with E-state index in [2.05, 4.69) is 25.4 Å². The third-order valence-corrected chi connectivity index (χ3v) is 4.38. The molecule has 27 heavy (non-hydrogen) atoms. The summed E-state index contributed by atoms with van der Waals surface area (Å²) in [6, 6.07) is 12.9. The largest absolute Gasteiger partial charge is 0.393 e. The maximum atomic E-state index is 13.1. The van der Waals surface area contributed by atoms with Crippen molar-refractivity contribution in [1.82, 2.24) is 0 Å². The van der Waals surface area contributed by atoms with Gasteiger partial charge in [0.2, 0.25) is 0 Å². The molecule has 0 amide bonds. The number of benzene rings is 2. The molecule has 4 heteroatoms. The van der Waals surface area contributed by atoms with E-state index in [1.807, 2.05) is 37.3 Å². The van der Waals surface area contributed by atoms with Crippen LogP contribution in [0.5, 0.6) is 0 Å². The average Bonchev–Trinajstić information content (AvgIpc) is 2.60. The number of rotatable bonds is 8. The van der Waals surface area contributed by atoms with Crippen molar-refractivity contribution in [2.75, 3.05) is 5.32 Å². The van der Waals surface area contributed by atoms with Crippen LogP contribution in [0.3, 0.4) is 0 Å². The Hall–Kier alpha value is -2.49. The first kappa shape index (κ1) is 20.8. The lowest BCUT2D eigenvalue weighted by molar-refractivity contribution is -0.127. The van der Waals surface area contributed by atoms with Gasteiger partial charge in [0.15, 0.2) is 0 Å². The molecule has 2 aromatic rings. The summed E-state index contributed by atoms with van der Waals surface area (Å²) in [6.07, 6.45) is -2.50. The Balaban J connectivity index is 2.34. The van der Waals surface area contributed by atoms with Crippen molar-refractivity contribution in [2.24, 2.45) is 0 Å². The van der Waals surface area contributed by atoms with Crippen molar-refractivity contribution in [3.8, 4) is 0 Å². The lowest BCUT2D eigenvalue weighted by Crippen LogP contribution is -2.14. The zero-order valence-electron chi connectivity index (χ0n) is 15.9. The number of halogens is 3. The smallest absolute Gasteiger partial charge is 0.355 e. The first-order valence-electron chi connectivity index (χ1n) is 9.11. The molecule has 0 fully saturated rings. The minimum absolute atomic E-state index is 0.241. The van der Waals surface area contributed by atoms with Gasteiger partial charge in [-0.2, -0.15) is 13.2 Å². The van der Waals surface area contributed by atoms with Gasteiger partial charge in [-0.05, 0) is 42.5 Å². The summed E-state index contributed by atoms with van der Waals surface area (Å²) in [5.41, 5.74) is 4.79. The fraction of sp³-hybridized carbons (Fsp3) is 0.304. The van der Waals surface area contributed by atoms with E-state index in [1.54, 1.807) is 12.1 Å². The molecule has 2 aromatic carbocycles. The maximum absolute atomic E-state index is 13.1. The van der Waals surface area contributed by atoms with E-state index in [0.29, 0.717) is 11.4 Å². The molecule has 1 N–H and O–H groups in total. The van der Waals surface area contributed by atoms with Crippen LogP contribution in [0, 0.1) is 0 Å². The van der Waals surface area contributed by atoms with Gasteiger partial charge in [0.1, 0.15) is 0 Å². The van der Waals surface area contributed by atoms with Crippen LogP contribution in [0.1, 0.15) is 48.9 Å². The van der Waals surface area contributed by atoms with Gasteiger partial charge in [-0.25, -0.2) is 0 Å². The summed E-state index contributed by atoms with van der Waals surface area (Å²) in [7, 11) is 0. The quantitative estimate of drug-likeness (QED) is 0.514. The molecule has 0 heterocycles. The second kappa shape index (κ2) is 8.94. The van der Waals surface area contributed by atoms with Crippen LogP contribution in [0.2, 0.25) is 0 Å². The molecule has 2 rings (SSSR count). The van der Waals surface area contributed by atoms with E-state index in [0.717, 1.165) is 41.5 Å². The highest BCUT2D eigenvalue weighted by molar-refractivity contribution is 5.83. The normalized spacial score (nSPS) is 11.3. The monoisotopic (exact) mass is 373 g/mol. The first-order valence-corrected chi connectivity index (χ1v) is 9.11. The minimum Gasteiger partial charge on any atom is -0.355 e. The number of unbranched alkanes of at least 4 members (excludes halogenated alkanes) is 1. The second-order valence-corrected chi connectivity index (χ2v) is 6.82. The van der Waals surface area contributed by atoms with E-state index in [-0.39, 0.29) is 5.56 Å². The van der Waals surface area contributed by atoms with Crippen molar-refractivity contribution in [2.45, 2.75) is 45.7 Å². The predicted molar refractivity (Wildman–Crippen MR) is 109 cm³/mol. The second-order valence-electron chi connectivity index (χ2n) is 6.82. The fourth-order valence-corrected chi connectivity index (χ4v) is 3.02. The Morgan fingerprint density at radius 2 is 1.70 bits per heavy atom. The van der Waals surface area contributed by atoms with Crippen LogP contribution in [0.25, 0.3) is 11.3 Å². The van der Waals surface area contributed by atoms with Gasteiger partial charge in [-0.1, -0.05) is 68.5 Å². The number of anilines is 1.